The average molecular weight is 348 g/mol. The van der Waals surface area contributed by atoms with Crippen molar-refractivity contribution in [2.45, 2.75) is 71.0 Å². The summed E-state index contributed by atoms with van der Waals surface area (Å²) in [7, 11) is 0. The van der Waals surface area contributed by atoms with E-state index in [0.717, 1.165) is 37.0 Å². The zero-order chi connectivity index (χ0) is 17.6. The average Bonchev–Trinajstić information content (AvgIpc) is 2.52. The van der Waals surface area contributed by atoms with E-state index in [1.54, 1.807) is 0 Å². The third kappa shape index (κ3) is 3.44. The summed E-state index contributed by atoms with van der Waals surface area (Å²) in [5.74, 6) is 2.68. The van der Waals surface area contributed by atoms with Crippen molar-refractivity contribution < 1.29 is 14.3 Å². The van der Waals surface area contributed by atoms with Gasteiger partial charge in [-0.1, -0.05) is 0 Å². The number of carbonyl (C=O) groups excluding carboxylic acids is 2. The fourth-order valence-corrected chi connectivity index (χ4v) is 6.40. The molecule has 140 valence electrons. The number of ether oxygens (including phenoxy) is 1. The van der Waals surface area contributed by atoms with Gasteiger partial charge in [-0.3, -0.25) is 9.59 Å². The maximum absolute atomic E-state index is 12.9. The second kappa shape index (κ2) is 6.57. The normalized spacial score (nSPS) is 42.5. The molecule has 1 N–H and O–H groups in total. The Morgan fingerprint density at radius 2 is 1.52 bits per heavy atom. The third-order valence-electron chi connectivity index (χ3n) is 6.92. The van der Waals surface area contributed by atoms with Crippen LogP contribution in [0.4, 0.5) is 0 Å². The van der Waals surface area contributed by atoms with Crippen LogP contribution < -0.4 is 5.32 Å². The highest BCUT2D eigenvalue weighted by molar-refractivity contribution is 5.84. The molecular formula is C20H32N2O3. The maximum atomic E-state index is 12.9. The van der Waals surface area contributed by atoms with Gasteiger partial charge in [0, 0.05) is 31.5 Å². The van der Waals surface area contributed by atoms with Gasteiger partial charge in [-0.25, -0.2) is 0 Å². The van der Waals surface area contributed by atoms with Crippen LogP contribution in [0.15, 0.2) is 0 Å². The van der Waals surface area contributed by atoms with Gasteiger partial charge in [-0.15, -0.1) is 0 Å². The van der Waals surface area contributed by atoms with Gasteiger partial charge in [0.15, 0.2) is 0 Å². The predicted octanol–water partition coefficient (Wildman–Crippen LogP) is 2.34. The Hall–Kier alpha value is -1.10. The molecule has 1 aliphatic heterocycles. The first kappa shape index (κ1) is 17.3. The first-order valence-electron chi connectivity index (χ1n) is 10.1. The van der Waals surface area contributed by atoms with Crippen molar-refractivity contribution >= 4 is 11.8 Å². The fourth-order valence-electron chi connectivity index (χ4n) is 6.40. The standard InChI is InChI=1S/C20H32N2O3/c1-13-11-22(12-14(2)25-13)18(23)3-4-21-19(24)20-8-15-5-16(9-20)7-17(6-15)10-20/h13-17H,3-12H2,1-2H3,(H,21,24)/t13-,14-,15?,16?,17?,20?/m0/s1. The van der Waals surface area contributed by atoms with Gasteiger partial charge >= 0.3 is 0 Å². The molecule has 0 aromatic rings. The number of carbonyl (C=O) groups is 2. The van der Waals surface area contributed by atoms with E-state index in [4.69, 9.17) is 4.74 Å². The highest BCUT2D eigenvalue weighted by Gasteiger charge is 2.54. The number of hydrogen-bond donors (Lipinski definition) is 1. The van der Waals surface area contributed by atoms with E-state index in [1.807, 2.05) is 18.7 Å². The third-order valence-corrected chi connectivity index (χ3v) is 6.92. The van der Waals surface area contributed by atoms with E-state index in [2.05, 4.69) is 5.32 Å². The van der Waals surface area contributed by atoms with Crippen LogP contribution in [0.3, 0.4) is 0 Å². The second-order valence-electron chi connectivity index (χ2n) is 9.26. The molecule has 25 heavy (non-hydrogen) atoms. The lowest BCUT2D eigenvalue weighted by Gasteiger charge is -2.55. The van der Waals surface area contributed by atoms with E-state index in [-0.39, 0.29) is 29.4 Å². The van der Waals surface area contributed by atoms with Crippen LogP contribution in [0.5, 0.6) is 0 Å². The summed E-state index contributed by atoms with van der Waals surface area (Å²) in [4.78, 5) is 27.2. The van der Waals surface area contributed by atoms with Gasteiger partial charge in [0.05, 0.1) is 12.2 Å². The Kier molecular flexibility index (Phi) is 4.55. The van der Waals surface area contributed by atoms with Crippen molar-refractivity contribution in [3.8, 4) is 0 Å². The molecule has 1 saturated heterocycles. The lowest BCUT2D eigenvalue weighted by Crippen LogP contribution is -2.54. The Labute approximate surface area is 150 Å². The second-order valence-corrected chi connectivity index (χ2v) is 9.26. The summed E-state index contributed by atoms with van der Waals surface area (Å²) in [5.41, 5.74) is -0.111. The van der Waals surface area contributed by atoms with Crippen LogP contribution in [-0.2, 0) is 14.3 Å². The van der Waals surface area contributed by atoms with E-state index in [1.165, 1.54) is 19.3 Å². The lowest BCUT2D eigenvalue weighted by atomic mass is 9.49. The molecule has 5 aliphatic rings. The van der Waals surface area contributed by atoms with Gasteiger partial charge in [0.2, 0.25) is 11.8 Å². The summed E-state index contributed by atoms with van der Waals surface area (Å²) in [6.07, 6.45) is 7.86. The minimum absolute atomic E-state index is 0.0920. The Morgan fingerprint density at radius 1 is 1.00 bits per heavy atom. The topological polar surface area (TPSA) is 58.6 Å². The molecule has 0 radical (unpaired) electrons. The molecule has 5 rings (SSSR count). The van der Waals surface area contributed by atoms with E-state index >= 15 is 0 Å². The van der Waals surface area contributed by atoms with E-state index < -0.39 is 0 Å². The van der Waals surface area contributed by atoms with Crippen molar-refractivity contribution in [2.75, 3.05) is 19.6 Å². The summed E-state index contributed by atoms with van der Waals surface area (Å²) >= 11 is 0. The number of nitrogens with zero attached hydrogens (tertiary/aromatic N) is 1. The Morgan fingerprint density at radius 3 is 2.04 bits per heavy atom. The first-order chi connectivity index (χ1) is 11.9. The number of amides is 2. The molecule has 4 aliphatic carbocycles. The van der Waals surface area contributed by atoms with Crippen molar-refractivity contribution in [3.05, 3.63) is 0 Å². The molecule has 2 atom stereocenters. The SMILES string of the molecule is C[C@H]1CN(C(=O)CCNC(=O)C23CC4CC(CC(C4)C2)C3)C[C@H](C)O1. The van der Waals surface area contributed by atoms with Crippen LogP contribution in [0.2, 0.25) is 0 Å². The molecule has 5 nitrogen and oxygen atoms in total. The summed E-state index contributed by atoms with van der Waals surface area (Å²) in [6, 6.07) is 0. The van der Waals surface area contributed by atoms with E-state index in [0.29, 0.717) is 26.1 Å². The number of hydrogen-bond acceptors (Lipinski definition) is 3. The molecule has 0 unspecified atom stereocenters. The minimum atomic E-state index is -0.111. The van der Waals surface area contributed by atoms with Gasteiger partial charge in [-0.2, -0.15) is 0 Å². The van der Waals surface area contributed by atoms with Crippen molar-refractivity contribution in [3.63, 3.8) is 0 Å². The van der Waals surface area contributed by atoms with Crippen LogP contribution >= 0.6 is 0 Å². The highest BCUT2D eigenvalue weighted by Crippen LogP contribution is 2.60. The summed E-state index contributed by atoms with van der Waals surface area (Å²) in [6.45, 7) is 5.80. The van der Waals surface area contributed by atoms with Crippen molar-refractivity contribution in [1.29, 1.82) is 0 Å². The fraction of sp³-hybridized carbons (Fsp3) is 0.900. The monoisotopic (exact) mass is 348 g/mol. The van der Waals surface area contributed by atoms with Gasteiger partial charge in [0.25, 0.3) is 0 Å². The van der Waals surface area contributed by atoms with Crippen LogP contribution in [0.1, 0.15) is 58.8 Å². The lowest BCUT2D eigenvalue weighted by molar-refractivity contribution is -0.147. The molecule has 0 aromatic heterocycles. The molecule has 1 heterocycles. The molecule has 2 amide bonds. The Balaban J connectivity index is 1.27. The van der Waals surface area contributed by atoms with Crippen molar-refractivity contribution in [2.24, 2.45) is 23.2 Å². The molecular weight excluding hydrogens is 316 g/mol. The summed E-state index contributed by atoms with van der Waals surface area (Å²) in [5, 5.41) is 3.11. The van der Waals surface area contributed by atoms with Gasteiger partial charge in [0.1, 0.15) is 0 Å². The molecule has 4 bridgehead atoms. The Bertz CT molecular complexity index is 502. The number of rotatable bonds is 4. The zero-order valence-electron chi connectivity index (χ0n) is 15.6. The molecule has 0 aromatic carbocycles. The first-order valence-corrected chi connectivity index (χ1v) is 10.1. The number of morpholine rings is 1. The predicted molar refractivity (Wildman–Crippen MR) is 94.8 cm³/mol. The van der Waals surface area contributed by atoms with Crippen LogP contribution in [0, 0.1) is 23.2 Å². The highest BCUT2D eigenvalue weighted by atomic mass is 16.5. The molecule has 5 fully saturated rings. The van der Waals surface area contributed by atoms with Gasteiger partial charge in [-0.05, 0) is 70.1 Å². The quantitative estimate of drug-likeness (QED) is 0.848. The van der Waals surface area contributed by atoms with E-state index in [9.17, 15) is 9.59 Å². The largest absolute Gasteiger partial charge is 0.372 e. The molecule has 5 heteroatoms. The smallest absolute Gasteiger partial charge is 0.226 e. The van der Waals surface area contributed by atoms with Crippen LogP contribution in [0.25, 0.3) is 0 Å². The minimum Gasteiger partial charge on any atom is -0.372 e. The van der Waals surface area contributed by atoms with Gasteiger partial charge < -0.3 is 15.0 Å². The van der Waals surface area contributed by atoms with Crippen molar-refractivity contribution in [1.82, 2.24) is 10.2 Å². The molecule has 4 saturated carbocycles. The van der Waals surface area contributed by atoms with Crippen LogP contribution in [-0.4, -0.2) is 48.6 Å². The zero-order valence-corrected chi connectivity index (χ0v) is 15.6. The number of nitrogens with one attached hydrogen (secondary N) is 1. The molecule has 0 spiro atoms. The maximum Gasteiger partial charge on any atom is 0.226 e. The summed E-state index contributed by atoms with van der Waals surface area (Å²) < 4.78 is 5.68.